The number of nitrogens with zero attached hydrogens (tertiary/aromatic N) is 1. The summed E-state index contributed by atoms with van der Waals surface area (Å²) in [5.74, 6) is -0.845. The number of rotatable bonds is 2. The topological polar surface area (TPSA) is 56.3 Å². The Morgan fingerprint density at radius 2 is 2.00 bits per heavy atom. The third kappa shape index (κ3) is 4.14. The molecule has 17 heavy (non-hydrogen) atoms. The molecule has 0 radical (unpaired) electrons. The van der Waals surface area contributed by atoms with Gasteiger partial charge in [-0.05, 0) is 41.1 Å². The maximum absolute atomic E-state index is 12.0. The molecule has 0 bridgehead atoms. The van der Waals surface area contributed by atoms with Crippen LogP contribution in [0.15, 0.2) is 11.1 Å². The third-order valence-electron chi connectivity index (χ3n) is 1.53. The van der Waals surface area contributed by atoms with Gasteiger partial charge in [0.05, 0.1) is 3.57 Å². The first-order valence-corrected chi connectivity index (χ1v) is 7.27. The number of hydrogen-bond acceptors (Lipinski definition) is 4. The predicted molar refractivity (Wildman–Crippen MR) is 61.4 cm³/mol. The van der Waals surface area contributed by atoms with Gasteiger partial charge < -0.3 is 4.74 Å². The molecule has 1 aromatic rings. The number of ether oxygens (including phenoxy) is 1. The van der Waals surface area contributed by atoms with Gasteiger partial charge in [0.2, 0.25) is 5.88 Å². The summed E-state index contributed by atoms with van der Waals surface area (Å²) in [6.45, 7) is 1.36. The van der Waals surface area contributed by atoms with Crippen molar-refractivity contribution < 1.29 is 26.3 Å². The van der Waals surface area contributed by atoms with Crippen LogP contribution >= 0.6 is 33.3 Å². The molecule has 0 saturated heterocycles. The second-order valence-corrected chi connectivity index (χ2v) is 6.53. The predicted octanol–water partition coefficient (Wildman–Crippen LogP) is 2.82. The molecule has 0 N–H and O–H groups in total. The van der Waals surface area contributed by atoms with E-state index in [2.05, 4.69) is 9.72 Å². The molecule has 0 amide bonds. The number of halogens is 5. The average Bonchev–Trinajstić information content (AvgIpc) is 2.05. The lowest BCUT2D eigenvalue weighted by atomic mass is 10.3. The van der Waals surface area contributed by atoms with Crippen LogP contribution in [0.4, 0.5) is 13.2 Å². The molecule has 1 aromatic heterocycles. The van der Waals surface area contributed by atoms with E-state index in [0.717, 1.165) is 0 Å². The summed E-state index contributed by atoms with van der Waals surface area (Å²) in [5.41, 5.74) is 0.138. The molecule has 0 saturated carbocycles. The number of aryl methyl sites for hydroxylation is 1. The van der Waals surface area contributed by atoms with Gasteiger partial charge in [-0.15, -0.1) is 13.2 Å². The molecule has 96 valence electrons. The molecule has 0 fully saturated rings. The molecule has 1 heterocycles. The molecular weight excluding hydrogens is 397 g/mol. The van der Waals surface area contributed by atoms with Crippen molar-refractivity contribution in [1.29, 1.82) is 0 Å². The minimum absolute atomic E-state index is 0.0292. The minimum atomic E-state index is -4.95. The third-order valence-corrected chi connectivity index (χ3v) is 3.62. The van der Waals surface area contributed by atoms with Crippen LogP contribution < -0.4 is 4.74 Å². The fraction of sp³-hybridized carbons (Fsp3) is 0.286. The van der Waals surface area contributed by atoms with Crippen molar-refractivity contribution in [2.45, 2.75) is 18.3 Å². The van der Waals surface area contributed by atoms with E-state index < -0.39 is 26.3 Å². The monoisotopic (exact) mass is 401 g/mol. The maximum atomic E-state index is 12.0. The smallest absolute Gasteiger partial charge is 0.387 e. The first kappa shape index (κ1) is 14.8. The van der Waals surface area contributed by atoms with Crippen molar-refractivity contribution in [2.75, 3.05) is 0 Å². The van der Waals surface area contributed by atoms with Crippen molar-refractivity contribution in [1.82, 2.24) is 4.98 Å². The van der Waals surface area contributed by atoms with Gasteiger partial charge in [0.1, 0.15) is 0 Å². The summed E-state index contributed by atoms with van der Waals surface area (Å²) in [4.78, 5) is 3.26. The van der Waals surface area contributed by atoms with Crippen molar-refractivity contribution in [3.63, 3.8) is 0 Å². The molecule has 0 aromatic carbocycles. The molecule has 0 aliphatic carbocycles. The summed E-state index contributed by atoms with van der Waals surface area (Å²) in [7, 11) is 0.812. The maximum Gasteiger partial charge on any atom is 0.574 e. The van der Waals surface area contributed by atoms with E-state index >= 15 is 0 Å². The summed E-state index contributed by atoms with van der Waals surface area (Å²) >= 11 is 1.55. The molecular formula is C7H4ClF3INO3S. The minimum Gasteiger partial charge on any atom is -0.387 e. The number of alkyl halides is 3. The number of aromatic nitrogens is 1. The highest BCUT2D eigenvalue weighted by atomic mass is 127. The van der Waals surface area contributed by atoms with Gasteiger partial charge in [-0.25, -0.2) is 8.42 Å². The van der Waals surface area contributed by atoms with Crippen LogP contribution in [0, 0.1) is 10.5 Å². The first-order chi connectivity index (χ1) is 7.50. The largest absolute Gasteiger partial charge is 0.574 e. The molecule has 0 unspecified atom stereocenters. The first-order valence-electron chi connectivity index (χ1n) is 3.88. The standard InChI is InChI=1S/C7H4ClF3INO3S/c1-3-2-4(12)5(16-7(9,10)11)13-6(3)17(8,14)15/h2H,1H3. The van der Waals surface area contributed by atoms with Gasteiger partial charge >= 0.3 is 6.36 Å². The molecule has 0 spiro atoms. The normalized spacial score (nSPS) is 12.6. The van der Waals surface area contributed by atoms with Gasteiger partial charge in [0.15, 0.2) is 5.03 Å². The van der Waals surface area contributed by atoms with Crippen molar-refractivity contribution in [3.8, 4) is 5.88 Å². The molecule has 0 aliphatic heterocycles. The van der Waals surface area contributed by atoms with E-state index in [4.69, 9.17) is 10.7 Å². The van der Waals surface area contributed by atoms with Crippen LogP contribution in [0.2, 0.25) is 0 Å². The summed E-state index contributed by atoms with van der Waals surface area (Å²) in [6.07, 6.45) is -4.95. The van der Waals surface area contributed by atoms with E-state index in [-0.39, 0.29) is 9.13 Å². The zero-order chi connectivity index (χ0) is 13.4. The SMILES string of the molecule is Cc1cc(I)c(OC(F)(F)F)nc1S(=O)(=O)Cl. The Balaban J connectivity index is 3.35. The Hall–Kier alpha value is -0.290. The second kappa shape index (κ2) is 4.76. The summed E-state index contributed by atoms with van der Waals surface area (Å²) in [6, 6.07) is 1.18. The van der Waals surface area contributed by atoms with Gasteiger partial charge in [-0.2, -0.15) is 4.98 Å². The van der Waals surface area contributed by atoms with Gasteiger partial charge in [0.25, 0.3) is 9.05 Å². The fourth-order valence-electron chi connectivity index (χ4n) is 0.975. The molecule has 0 aliphatic rings. The molecule has 4 nitrogen and oxygen atoms in total. The summed E-state index contributed by atoms with van der Waals surface area (Å²) in [5, 5.41) is -0.654. The van der Waals surface area contributed by atoms with E-state index in [0.29, 0.717) is 0 Å². The van der Waals surface area contributed by atoms with Crippen LogP contribution in [0.25, 0.3) is 0 Å². The lowest BCUT2D eigenvalue weighted by molar-refractivity contribution is -0.276. The van der Waals surface area contributed by atoms with Crippen LogP contribution in [-0.4, -0.2) is 19.8 Å². The van der Waals surface area contributed by atoms with Crippen molar-refractivity contribution in [2.24, 2.45) is 0 Å². The van der Waals surface area contributed by atoms with Crippen LogP contribution in [0.5, 0.6) is 5.88 Å². The lowest BCUT2D eigenvalue weighted by Gasteiger charge is -2.11. The zero-order valence-electron chi connectivity index (χ0n) is 8.05. The Bertz CT molecular complexity index is 546. The quantitative estimate of drug-likeness (QED) is 0.565. The molecule has 0 atom stereocenters. The van der Waals surface area contributed by atoms with Crippen molar-refractivity contribution >= 4 is 42.3 Å². The Morgan fingerprint density at radius 3 is 2.41 bits per heavy atom. The fourth-order valence-corrected chi connectivity index (χ4v) is 2.78. The highest BCUT2D eigenvalue weighted by Crippen LogP contribution is 2.29. The van der Waals surface area contributed by atoms with E-state index in [1.54, 1.807) is 22.6 Å². The highest BCUT2D eigenvalue weighted by Gasteiger charge is 2.33. The van der Waals surface area contributed by atoms with E-state index in [9.17, 15) is 21.6 Å². The van der Waals surface area contributed by atoms with Crippen LogP contribution in [0.1, 0.15) is 5.56 Å². The lowest BCUT2D eigenvalue weighted by Crippen LogP contribution is -2.19. The van der Waals surface area contributed by atoms with Gasteiger partial charge in [-0.1, -0.05) is 0 Å². The highest BCUT2D eigenvalue weighted by molar-refractivity contribution is 14.1. The Morgan fingerprint density at radius 1 is 1.47 bits per heavy atom. The number of pyridine rings is 1. The summed E-state index contributed by atoms with van der Waals surface area (Å²) < 4.78 is 61.7. The van der Waals surface area contributed by atoms with Crippen molar-refractivity contribution in [3.05, 3.63) is 15.2 Å². The second-order valence-electron chi connectivity index (χ2n) is 2.88. The Labute approximate surface area is 113 Å². The molecule has 1 rings (SSSR count). The molecule has 10 heteroatoms. The van der Waals surface area contributed by atoms with Crippen LogP contribution in [0.3, 0.4) is 0 Å². The van der Waals surface area contributed by atoms with E-state index in [1.165, 1.54) is 13.0 Å². The van der Waals surface area contributed by atoms with E-state index in [1.807, 2.05) is 0 Å². The van der Waals surface area contributed by atoms with Crippen LogP contribution in [-0.2, 0) is 9.05 Å². The van der Waals surface area contributed by atoms with Gasteiger partial charge in [-0.3, -0.25) is 0 Å². The average molecular weight is 402 g/mol. The zero-order valence-corrected chi connectivity index (χ0v) is 11.8. The number of hydrogen-bond donors (Lipinski definition) is 0. The Kier molecular flexibility index (Phi) is 4.14. The van der Waals surface area contributed by atoms with Gasteiger partial charge in [0, 0.05) is 10.7 Å².